The highest BCUT2D eigenvalue weighted by Crippen LogP contribution is 2.28. The molecule has 0 unspecified atom stereocenters. The van der Waals surface area contributed by atoms with Crippen LogP contribution >= 0.6 is 0 Å². The van der Waals surface area contributed by atoms with Gasteiger partial charge in [0.1, 0.15) is 0 Å². The summed E-state index contributed by atoms with van der Waals surface area (Å²) in [5, 5.41) is 2.85. The van der Waals surface area contributed by atoms with Crippen LogP contribution in [-0.4, -0.2) is 38.6 Å². The predicted molar refractivity (Wildman–Crippen MR) is 41.9 cm³/mol. The lowest BCUT2D eigenvalue weighted by molar-refractivity contribution is 0.518. The van der Waals surface area contributed by atoms with Crippen LogP contribution in [0.15, 0.2) is 0 Å². The van der Waals surface area contributed by atoms with Crippen LogP contribution in [0.4, 0.5) is 0 Å². The van der Waals surface area contributed by atoms with E-state index in [-0.39, 0.29) is 23.0 Å². The van der Waals surface area contributed by atoms with Crippen LogP contribution in [0.2, 0.25) is 0 Å². The van der Waals surface area contributed by atoms with Gasteiger partial charge in [-0.05, 0) is 0 Å². The summed E-state index contributed by atoms with van der Waals surface area (Å²) in [6.45, 7) is 1.37. The van der Waals surface area contributed by atoms with Gasteiger partial charge in [-0.15, -0.1) is 0 Å². The molecule has 0 aromatic carbocycles. The Morgan fingerprint density at radius 2 is 2.09 bits per heavy atom. The van der Waals surface area contributed by atoms with E-state index in [1.165, 1.54) is 0 Å². The second-order valence-electron chi connectivity index (χ2n) is 3.35. The average Bonchev–Trinajstić information content (AvgIpc) is 2.37. The van der Waals surface area contributed by atoms with Crippen molar-refractivity contribution in [1.82, 2.24) is 5.32 Å². The molecule has 64 valence electrons. The molecule has 0 bridgehead atoms. The van der Waals surface area contributed by atoms with E-state index in [0.29, 0.717) is 6.54 Å². The zero-order valence-corrected chi connectivity index (χ0v) is 6.97. The van der Waals surface area contributed by atoms with E-state index in [1.54, 1.807) is 0 Å². The molecule has 0 aliphatic carbocycles. The third-order valence-corrected chi connectivity index (χ3v) is 4.93. The van der Waals surface area contributed by atoms with Crippen molar-refractivity contribution in [3.05, 3.63) is 0 Å². The topological polar surface area (TPSA) is 72.2 Å². The van der Waals surface area contributed by atoms with Gasteiger partial charge in [0.25, 0.3) is 0 Å². The molecular formula is C6H12N2O2S. The Bertz CT molecular complexity index is 262. The highest BCUT2D eigenvalue weighted by molar-refractivity contribution is 7.92. The van der Waals surface area contributed by atoms with E-state index < -0.39 is 9.84 Å². The third-order valence-electron chi connectivity index (χ3n) is 2.64. The minimum absolute atomic E-state index is 0.139. The largest absolute Gasteiger partial charge is 0.326 e. The predicted octanol–water partition coefficient (Wildman–Crippen LogP) is -1.67. The van der Waals surface area contributed by atoms with Gasteiger partial charge in [-0.1, -0.05) is 0 Å². The van der Waals surface area contributed by atoms with Crippen molar-refractivity contribution in [3.8, 4) is 0 Å². The monoisotopic (exact) mass is 176 g/mol. The Hall–Kier alpha value is -0.130. The van der Waals surface area contributed by atoms with Gasteiger partial charge in [-0.25, -0.2) is 8.42 Å². The first-order valence-corrected chi connectivity index (χ1v) is 5.50. The second-order valence-corrected chi connectivity index (χ2v) is 5.62. The van der Waals surface area contributed by atoms with Crippen molar-refractivity contribution in [1.29, 1.82) is 0 Å². The zero-order chi connectivity index (χ0) is 8.06. The molecule has 2 fully saturated rings. The smallest absolute Gasteiger partial charge is 0.156 e. The summed E-state index contributed by atoms with van der Waals surface area (Å²) >= 11 is 0. The molecule has 0 spiro atoms. The number of fused-ring (bicyclic) bond motifs is 1. The Morgan fingerprint density at radius 1 is 1.36 bits per heavy atom. The second kappa shape index (κ2) is 2.18. The lowest BCUT2D eigenvalue weighted by Gasteiger charge is -2.08. The van der Waals surface area contributed by atoms with Crippen molar-refractivity contribution in [2.75, 3.05) is 18.8 Å². The molecule has 5 heteroatoms. The van der Waals surface area contributed by atoms with Crippen molar-refractivity contribution in [2.24, 2.45) is 11.7 Å². The Labute approximate surface area is 66.1 Å². The van der Waals surface area contributed by atoms with Gasteiger partial charge in [0, 0.05) is 25.0 Å². The third kappa shape index (κ3) is 0.988. The summed E-state index contributed by atoms with van der Waals surface area (Å²) in [6.07, 6.45) is 0. The van der Waals surface area contributed by atoms with E-state index >= 15 is 0 Å². The fourth-order valence-corrected chi connectivity index (χ4v) is 4.24. The molecule has 0 aromatic heterocycles. The minimum atomic E-state index is -2.86. The Balaban J connectivity index is 2.35. The first-order chi connectivity index (χ1) is 5.11. The molecule has 11 heavy (non-hydrogen) atoms. The molecule has 2 heterocycles. The summed E-state index contributed by atoms with van der Waals surface area (Å²) in [4.78, 5) is 0. The van der Waals surface area contributed by atoms with Crippen LogP contribution in [0.3, 0.4) is 0 Å². The molecule has 2 saturated heterocycles. The molecular weight excluding hydrogens is 164 g/mol. The van der Waals surface area contributed by atoms with Crippen molar-refractivity contribution in [3.63, 3.8) is 0 Å². The van der Waals surface area contributed by atoms with Gasteiger partial charge in [-0.3, -0.25) is 0 Å². The number of nitrogens with two attached hydrogens (primary N) is 1. The van der Waals surface area contributed by atoms with Crippen LogP contribution in [0.5, 0.6) is 0 Å². The number of rotatable bonds is 0. The number of sulfone groups is 1. The maximum absolute atomic E-state index is 11.3. The molecule has 2 aliphatic rings. The van der Waals surface area contributed by atoms with Gasteiger partial charge in [0.15, 0.2) is 9.84 Å². The van der Waals surface area contributed by atoms with E-state index in [0.717, 1.165) is 6.54 Å². The average molecular weight is 176 g/mol. The van der Waals surface area contributed by atoms with Crippen LogP contribution in [0.25, 0.3) is 0 Å². The molecule has 3 atom stereocenters. The summed E-state index contributed by atoms with van der Waals surface area (Å²) in [7, 11) is -2.86. The van der Waals surface area contributed by atoms with Crippen LogP contribution in [-0.2, 0) is 9.84 Å². The SMILES string of the molecule is N[C@H]1CS(=O)(=O)[C@@H]2CNC[C@@H]21. The zero-order valence-electron chi connectivity index (χ0n) is 6.16. The molecule has 0 aromatic rings. The van der Waals surface area contributed by atoms with Crippen LogP contribution in [0, 0.1) is 5.92 Å². The van der Waals surface area contributed by atoms with E-state index in [4.69, 9.17) is 5.73 Å². The van der Waals surface area contributed by atoms with E-state index in [9.17, 15) is 8.42 Å². The van der Waals surface area contributed by atoms with Crippen molar-refractivity contribution >= 4 is 9.84 Å². The summed E-state index contributed by atoms with van der Waals surface area (Å²) in [5.41, 5.74) is 5.68. The Kier molecular flexibility index (Phi) is 1.49. The first kappa shape index (κ1) is 7.52. The lowest BCUT2D eigenvalue weighted by atomic mass is 10.0. The number of hydrogen-bond donors (Lipinski definition) is 2. The van der Waals surface area contributed by atoms with Gasteiger partial charge < -0.3 is 11.1 Å². The fourth-order valence-electron chi connectivity index (χ4n) is 2.01. The van der Waals surface area contributed by atoms with Crippen molar-refractivity contribution < 1.29 is 8.42 Å². The normalized spacial score (nSPS) is 47.5. The highest BCUT2D eigenvalue weighted by Gasteiger charge is 2.47. The van der Waals surface area contributed by atoms with Crippen LogP contribution < -0.4 is 11.1 Å². The molecule has 4 nitrogen and oxygen atoms in total. The minimum Gasteiger partial charge on any atom is -0.326 e. The van der Waals surface area contributed by atoms with E-state index in [2.05, 4.69) is 5.32 Å². The lowest BCUT2D eigenvalue weighted by Crippen LogP contribution is -2.31. The number of nitrogens with one attached hydrogen (secondary N) is 1. The van der Waals surface area contributed by atoms with E-state index in [1.807, 2.05) is 0 Å². The highest BCUT2D eigenvalue weighted by atomic mass is 32.2. The van der Waals surface area contributed by atoms with Crippen LogP contribution in [0.1, 0.15) is 0 Å². The molecule has 2 aliphatic heterocycles. The molecule has 3 N–H and O–H groups in total. The maximum atomic E-state index is 11.3. The molecule has 0 radical (unpaired) electrons. The Morgan fingerprint density at radius 3 is 2.73 bits per heavy atom. The molecule has 2 rings (SSSR count). The summed E-state index contributed by atoms with van der Waals surface area (Å²) < 4.78 is 22.7. The standard InChI is InChI=1S/C6H12N2O2S/c7-5-3-11(9,10)6-2-8-1-4(5)6/h4-6,8H,1-3,7H2/t4-,5+,6-/m1/s1. The van der Waals surface area contributed by atoms with Crippen molar-refractivity contribution in [2.45, 2.75) is 11.3 Å². The first-order valence-electron chi connectivity index (χ1n) is 3.79. The number of hydrogen-bond acceptors (Lipinski definition) is 4. The molecule has 0 saturated carbocycles. The van der Waals surface area contributed by atoms with Gasteiger partial charge in [0.05, 0.1) is 11.0 Å². The van der Waals surface area contributed by atoms with Gasteiger partial charge in [0.2, 0.25) is 0 Å². The van der Waals surface area contributed by atoms with Gasteiger partial charge >= 0.3 is 0 Å². The fraction of sp³-hybridized carbons (Fsp3) is 1.00. The summed E-state index contributed by atoms with van der Waals surface area (Å²) in [5.74, 6) is 0.351. The summed E-state index contributed by atoms with van der Waals surface area (Å²) in [6, 6.07) is -0.139. The molecule has 0 amide bonds. The quantitative estimate of drug-likeness (QED) is 0.463. The van der Waals surface area contributed by atoms with Gasteiger partial charge in [-0.2, -0.15) is 0 Å². The maximum Gasteiger partial charge on any atom is 0.156 e.